The molecule has 0 heterocycles. The van der Waals surface area contributed by atoms with Gasteiger partial charge in [-0.25, -0.2) is 21.2 Å². The standard InChI is InChI=1S/C13H11FO4S2/c14-12-8-4-5-9-13(12)20(17,18)10-19(15,16)11-6-2-1-3-7-11/h1-9H,10H2. The number of hydrogen-bond acceptors (Lipinski definition) is 4. The molecule has 0 fully saturated rings. The monoisotopic (exact) mass is 314 g/mol. The fourth-order valence-corrected chi connectivity index (χ4v) is 5.57. The van der Waals surface area contributed by atoms with Gasteiger partial charge in [0.05, 0.1) is 4.90 Å². The van der Waals surface area contributed by atoms with Gasteiger partial charge in [0, 0.05) is 0 Å². The van der Waals surface area contributed by atoms with Crippen LogP contribution in [-0.2, 0) is 19.7 Å². The summed E-state index contributed by atoms with van der Waals surface area (Å²) >= 11 is 0. The molecule has 0 saturated heterocycles. The second-order valence-electron chi connectivity index (χ2n) is 4.09. The van der Waals surface area contributed by atoms with Gasteiger partial charge in [0.25, 0.3) is 0 Å². The van der Waals surface area contributed by atoms with Crippen LogP contribution in [0.25, 0.3) is 0 Å². The molecule has 4 nitrogen and oxygen atoms in total. The van der Waals surface area contributed by atoms with Gasteiger partial charge in [-0.15, -0.1) is 0 Å². The average Bonchev–Trinajstić information content (AvgIpc) is 2.39. The van der Waals surface area contributed by atoms with Crippen LogP contribution >= 0.6 is 0 Å². The fourth-order valence-electron chi connectivity index (χ4n) is 1.66. The van der Waals surface area contributed by atoms with Crippen LogP contribution in [0.2, 0.25) is 0 Å². The molecule has 0 radical (unpaired) electrons. The van der Waals surface area contributed by atoms with E-state index >= 15 is 0 Å². The van der Waals surface area contributed by atoms with E-state index in [2.05, 4.69) is 0 Å². The quantitative estimate of drug-likeness (QED) is 0.866. The summed E-state index contributed by atoms with van der Waals surface area (Å²) in [5.41, 5.74) is 0. The third-order valence-electron chi connectivity index (χ3n) is 2.58. The van der Waals surface area contributed by atoms with Crippen molar-refractivity contribution in [3.05, 3.63) is 60.4 Å². The van der Waals surface area contributed by atoms with Gasteiger partial charge in [0.15, 0.2) is 24.8 Å². The maximum atomic E-state index is 13.5. The van der Waals surface area contributed by atoms with Gasteiger partial charge in [-0.3, -0.25) is 0 Å². The lowest BCUT2D eigenvalue weighted by atomic mass is 10.4. The Morgan fingerprint density at radius 3 is 1.90 bits per heavy atom. The van der Waals surface area contributed by atoms with E-state index in [1.54, 1.807) is 6.07 Å². The van der Waals surface area contributed by atoms with E-state index in [0.29, 0.717) is 0 Å². The van der Waals surface area contributed by atoms with Crippen molar-refractivity contribution in [2.45, 2.75) is 9.79 Å². The van der Waals surface area contributed by atoms with Crippen molar-refractivity contribution >= 4 is 19.7 Å². The third-order valence-corrected chi connectivity index (χ3v) is 7.06. The van der Waals surface area contributed by atoms with Crippen molar-refractivity contribution in [3.8, 4) is 0 Å². The summed E-state index contributed by atoms with van der Waals surface area (Å²) in [7, 11) is -8.30. The molecule has 0 amide bonds. The molecule has 0 aliphatic heterocycles. The van der Waals surface area contributed by atoms with Gasteiger partial charge < -0.3 is 0 Å². The Bertz CT molecular complexity index is 812. The molecule has 20 heavy (non-hydrogen) atoms. The summed E-state index contributed by atoms with van der Waals surface area (Å²) in [5, 5.41) is -1.16. The first-order valence-electron chi connectivity index (χ1n) is 5.58. The van der Waals surface area contributed by atoms with Crippen LogP contribution in [0.1, 0.15) is 0 Å². The Morgan fingerprint density at radius 1 is 0.750 bits per heavy atom. The van der Waals surface area contributed by atoms with E-state index in [9.17, 15) is 21.2 Å². The van der Waals surface area contributed by atoms with Crippen molar-refractivity contribution in [2.75, 3.05) is 5.08 Å². The van der Waals surface area contributed by atoms with Crippen LogP contribution < -0.4 is 0 Å². The molecule has 0 bridgehead atoms. The summed E-state index contributed by atoms with van der Waals surface area (Å²) in [6.45, 7) is 0. The highest BCUT2D eigenvalue weighted by atomic mass is 32.3. The lowest BCUT2D eigenvalue weighted by molar-refractivity contribution is 0.567. The van der Waals surface area contributed by atoms with Crippen LogP contribution in [0.4, 0.5) is 4.39 Å². The average molecular weight is 314 g/mol. The molecule has 0 spiro atoms. The highest BCUT2D eigenvalue weighted by molar-refractivity contribution is 8.08. The zero-order chi connectivity index (χ0) is 14.8. The minimum Gasteiger partial charge on any atom is -0.223 e. The summed E-state index contributed by atoms with van der Waals surface area (Å²) in [5.74, 6) is -0.962. The summed E-state index contributed by atoms with van der Waals surface area (Å²) in [4.78, 5) is -0.723. The normalized spacial score (nSPS) is 12.2. The summed E-state index contributed by atoms with van der Waals surface area (Å²) in [6, 6.07) is 11.9. The first-order chi connectivity index (χ1) is 9.33. The lowest BCUT2D eigenvalue weighted by Crippen LogP contribution is -2.18. The Hall–Kier alpha value is -1.73. The minimum atomic E-state index is -4.26. The number of halogens is 1. The number of hydrogen-bond donors (Lipinski definition) is 0. The van der Waals surface area contributed by atoms with E-state index in [-0.39, 0.29) is 4.90 Å². The molecule has 106 valence electrons. The van der Waals surface area contributed by atoms with Crippen molar-refractivity contribution in [3.63, 3.8) is 0 Å². The molecule has 2 rings (SSSR count). The van der Waals surface area contributed by atoms with Gasteiger partial charge in [-0.05, 0) is 24.3 Å². The molecule has 2 aromatic carbocycles. The molecule has 0 aliphatic rings. The zero-order valence-corrected chi connectivity index (χ0v) is 11.9. The second-order valence-corrected chi connectivity index (χ2v) is 8.40. The number of rotatable bonds is 4. The summed E-state index contributed by atoms with van der Waals surface area (Å²) < 4.78 is 61.6. The Balaban J connectivity index is 2.42. The van der Waals surface area contributed by atoms with Crippen molar-refractivity contribution in [1.29, 1.82) is 0 Å². The summed E-state index contributed by atoms with van der Waals surface area (Å²) in [6.07, 6.45) is 0. The third kappa shape index (κ3) is 3.05. The molecular formula is C13H11FO4S2. The van der Waals surface area contributed by atoms with E-state index in [0.717, 1.165) is 12.1 Å². The van der Waals surface area contributed by atoms with Gasteiger partial charge >= 0.3 is 0 Å². The van der Waals surface area contributed by atoms with Gasteiger partial charge in [0.2, 0.25) is 0 Å². The van der Waals surface area contributed by atoms with E-state index in [1.165, 1.54) is 36.4 Å². The maximum Gasteiger partial charge on any atom is 0.195 e. The van der Waals surface area contributed by atoms with Crippen LogP contribution in [0.3, 0.4) is 0 Å². The highest BCUT2D eigenvalue weighted by Crippen LogP contribution is 2.20. The topological polar surface area (TPSA) is 68.3 Å². The molecule has 0 aliphatic carbocycles. The zero-order valence-electron chi connectivity index (χ0n) is 10.2. The molecule has 0 N–H and O–H groups in total. The van der Waals surface area contributed by atoms with Crippen LogP contribution in [0, 0.1) is 5.82 Å². The fraction of sp³-hybridized carbons (Fsp3) is 0.0769. The van der Waals surface area contributed by atoms with Crippen molar-refractivity contribution in [2.24, 2.45) is 0 Å². The maximum absolute atomic E-state index is 13.5. The largest absolute Gasteiger partial charge is 0.223 e. The second kappa shape index (κ2) is 5.34. The molecule has 2 aromatic rings. The van der Waals surface area contributed by atoms with Crippen LogP contribution in [-0.4, -0.2) is 21.9 Å². The van der Waals surface area contributed by atoms with Crippen molar-refractivity contribution in [1.82, 2.24) is 0 Å². The molecule has 7 heteroatoms. The minimum absolute atomic E-state index is 0.111. The first-order valence-corrected chi connectivity index (χ1v) is 8.88. The molecule has 0 saturated carbocycles. The van der Waals surface area contributed by atoms with Gasteiger partial charge in [-0.2, -0.15) is 0 Å². The predicted octanol–water partition coefficient (Wildman–Crippen LogP) is 2.03. The number of sulfone groups is 2. The van der Waals surface area contributed by atoms with E-state index in [1.807, 2.05) is 0 Å². The smallest absolute Gasteiger partial charge is 0.195 e. The lowest BCUT2D eigenvalue weighted by Gasteiger charge is -2.07. The Kier molecular flexibility index (Phi) is 3.92. The SMILES string of the molecule is O=S(=O)(CS(=O)(=O)c1ccccc1F)c1ccccc1. The Labute approximate surface area is 116 Å². The predicted molar refractivity (Wildman–Crippen MR) is 72.1 cm³/mol. The van der Waals surface area contributed by atoms with Crippen molar-refractivity contribution < 1.29 is 21.2 Å². The van der Waals surface area contributed by atoms with E-state index < -0.39 is 35.5 Å². The van der Waals surface area contributed by atoms with Crippen LogP contribution in [0.15, 0.2) is 64.4 Å². The van der Waals surface area contributed by atoms with Gasteiger partial charge in [-0.1, -0.05) is 30.3 Å². The highest BCUT2D eigenvalue weighted by Gasteiger charge is 2.27. The van der Waals surface area contributed by atoms with Crippen LogP contribution in [0.5, 0.6) is 0 Å². The molecule has 0 aromatic heterocycles. The molecule has 0 unspecified atom stereocenters. The number of benzene rings is 2. The Morgan fingerprint density at radius 2 is 1.30 bits per heavy atom. The van der Waals surface area contributed by atoms with E-state index in [4.69, 9.17) is 0 Å². The molecule has 0 atom stereocenters. The van der Waals surface area contributed by atoms with Gasteiger partial charge in [0.1, 0.15) is 10.7 Å². The first kappa shape index (κ1) is 14.7. The molecular weight excluding hydrogens is 303 g/mol.